The monoisotopic (exact) mass is 573 g/mol. The fourth-order valence-electron chi connectivity index (χ4n) is 3.49. The van der Waals surface area contributed by atoms with Crippen LogP contribution in [0.4, 0.5) is 11.5 Å². The molecule has 0 spiro atoms. The number of nitrogens with zero attached hydrogens (tertiary/aromatic N) is 5. The molecule has 2 aromatic carbocycles. The van der Waals surface area contributed by atoms with Gasteiger partial charge in [-0.2, -0.15) is 0 Å². The quantitative estimate of drug-likeness (QED) is 0.253. The first-order valence-corrected chi connectivity index (χ1v) is 13.4. The Bertz CT molecular complexity index is 1720. The van der Waals surface area contributed by atoms with Crippen molar-refractivity contribution < 1.29 is 27.0 Å². The number of sulfone groups is 1. The van der Waals surface area contributed by atoms with Crippen LogP contribution in [-0.2, 0) is 22.3 Å². The number of anilines is 2. The van der Waals surface area contributed by atoms with Crippen LogP contribution in [0, 0.1) is 0 Å². The maximum atomic E-state index is 12.5. The van der Waals surface area contributed by atoms with Crippen molar-refractivity contribution in [3.63, 3.8) is 0 Å². The molecule has 5 aromatic rings. The third kappa shape index (κ3) is 5.62. The zero-order chi connectivity index (χ0) is 26.7. The lowest BCUT2D eigenvalue weighted by atomic mass is 10.2. The van der Waals surface area contributed by atoms with Gasteiger partial charge in [0.25, 0.3) is 15.7 Å². The molecule has 0 saturated heterocycles. The Hall–Kier alpha value is -4.00. The minimum atomic E-state index is -3.70. The Morgan fingerprint density at radius 1 is 1.03 bits per heavy atom. The molecule has 1 N–H and O–H groups in total. The summed E-state index contributed by atoms with van der Waals surface area (Å²) in [5.74, 6) is 1.05. The zero-order valence-electron chi connectivity index (χ0n) is 19.7. The van der Waals surface area contributed by atoms with Crippen molar-refractivity contribution in [1.82, 2.24) is 20.1 Å². The fraction of sp³-hybridized carbons (Fsp3) is 0.125. The molecule has 0 radical (unpaired) electrons. The van der Waals surface area contributed by atoms with E-state index in [-0.39, 0.29) is 17.5 Å². The summed E-state index contributed by atoms with van der Waals surface area (Å²) in [6, 6.07) is 13.2. The average molecular weight is 574 g/mol. The first-order chi connectivity index (χ1) is 18.3. The van der Waals surface area contributed by atoms with Crippen LogP contribution in [0.25, 0.3) is 10.9 Å². The highest BCUT2D eigenvalue weighted by molar-refractivity contribution is 7.90. The van der Waals surface area contributed by atoms with Gasteiger partial charge in [-0.15, -0.1) is 0 Å². The van der Waals surface area contributed by atoms with Gasteiger partial charge in [0.05, 0.1) is 22.7 Å². The lowest BCUT2D eigenvalue weighted by Gasteiger charge is -2.13. The molecule has 0 aliphatic heterocycles. The molecule has 0 saturated carbocycles. The van der Waals surface area contributed by atoms with Crippen molar-refractivity contribution in [1.29, 1.82) is 0 Å². The normalized spacial score (nSPS) is 11.4. The second-order valence-electron chi connectivity index (χ2n) is 7.85. The number of fused-ring (bicyclic) bond motifs is 1. The molecular weight excluding hydrogens is 555 g/mol. The van der Waals surface area contributed by atoms with E-state index in [0.29, 0.717) is 44.0 Å². The number of methoxy groups -OCH3 is 1. The molecule has 14 heteroatoms. The van der Waals surface area contributed by atoms with E-state index < -0.39 is 15.7 Å². The van der Waals surface area contributed by atoms with Crippen molar-refractivity contribution in [2.75, 3.05) is 12.4 Å². The van der Waals surface area contributed by atoms with Gasteiger partial charge in [0, 0.05) is 28.4 Å². The number of hydrogen-bond acceptors (Lipinski definition) is 10. The van der Waals surface area contributed by atoms with E-state index in [2.05, 4.69) is 25.4 Å². The Morgan fingerprint density at radius 2 is 1.89 bits per heavy atom. The van der Waals surface area contributed by atoms with Gasteiger partial charge in [0.1, 0.15) is 12.1 Å². The maximum absolute atomic E-state index is 12.5. The van der Waals surface area contributed by atoms with Crippen molar-refractivity contribution in [3.8, 4) is 11.5 Å². The van der Waals surface area contributed by atoms with Gasteiger partial charge in [-0.25, -0.2) is 23.4 Å². The molecule has 5 rings (SSSR count). The van der Waals surface area contributed by atoms with Crippen molar-refractivity contribution >= 4 is 55.4 Å². The molecule has 0 amide bonds. The number of rotatable bonds is 9. The third-order valence-corrected chi connectivity index (χ3v) is 7.49. The summed E-state index contributed by atoms with van der Waals surface area (Å²) in [6.45, 7) is -0.0854. The molecule has 0 bridgehead atoms. The molecule has 3 heterocycles. The lowest BCUT2D eigenvalue weighted by Crippen LogP contribution is -2.39. The summed E-state index contributed by atoms with van der Waals surface area (Å²) in [4.78, 5) is 12.5. The molecular formula is C24H19Cl2N6O5S+. The van der Waals surface area contributed by atoms with Crippen LogP contribution in [0.15, 0.2) is 76.9 Å². The standard InChI is InChI=1S/C24H19Cl2N6O5S/c1-35-20-9-16-19(28-12-29-24(16)30-15-5-6-17(25)18(26)8-15)10-21(20)36-11-22-31-32(13-37-22)14-38(33,34)23-4-2-3-7-27-23/h2-10,12-13H,11,14H2,1H3,(H,28,29,30)/q+1. The van der Waals surface area contributed by atoms with Crippen LogP contribution in [0.2, 0.25) is 10.0 Å². The van der Waals surface area contributed by atoms with Gasteiger partial charge < -0.3 is 19.2 Å². The number of benzene rings is 2. The van der Waals surface area contributed by atoms with Gasteiger partial charge in [0.15, 0.2) is 23.1 Å². The molecule has 0 unspecified atom stereocenters. The number of pyridine rings is 1. The van der Waals surface area contributed by atoms with E-state index in [1.54, 1.807) is 42.5 Å². The Kier molecular flexibility index (Phi) is 7.27. The van der Waals surface area contributed by atoms with Crippen LogP contribution < -0.4 is 19.5 Å². The van der Waals surface area contributed by atoms with Gasteiger partial charge in [-0.1, -0.05) is 29.3 Å². The van der Waals surface area contributed by atoms with E-state index >= 15 is 0 Å². The molecule has 38 heavy (non-hydrogen) atoms. The molecule has 3 aromatic heterocycles. The van der Waals surface area contributed by atoms with Crippen molar-refractivity contribution in [2.45, 2.75) is 17.5 Å². The molecule has 0 aliphatic rings. The lowest BCUT2D eigenvalue weighted by molar-refractivity contribution is -0.736. The van der Waals surface area contributed by atoms with Gasteiger partial charge >= 0.3 is 12.3 Å². The van der Waals surface area contributed by atoms with Crippen LogP contribution in [0.5, 0.6) is 11.5 Å². The first kappa shape index (κ1) is 25.6. The number of halogens is 2. The largest absolute Gasteiger partial charge is 0.493 e. The highest BCUT2D eigenvalue weighted by atomic mass is 35.5. The summed E-state index contributed by atoms with van der Waals surface area (Å²) < 4.78 is 43.0. The van der Waals surface area contributed by atoms with E-state index in [4.69, 9.17) is 37.1 Å². The van der Waals surface area contributed by atoms with E-state index in [1.165, 1.54) is 32.1 Å². The fourth-order valence-corrected chi connectivity index (χ4v) is 4.90. The predicted molar refractivity (Wildman–Crippen MR) is 138 cm³/mol. The number of aromatic nitrogens is 5. The topological polar surface area (TPSA) is 133 Å². The Balaban J connectivity index is 1.33. The SMILES string of the molecule is COc1cc2c(Nc3ccc(Cl)c(Cl)c3)ncnc2cc1OCc1n[n+](CS(=O)(=O)c2ccccn2)co1. The second-order valence-corrected chi connectivity index (χ2v) is 10.6. The van der Waals surface area contributed by atoms with Crippen molar-refractivity contribution in [2.24, 2.45) is 0 Å². The van der Waals surface area contributed by atoms with Gasteiger partial charge in [0.2, 0.25) is 0 Å². The molecule has 0 aliphatic carbocycles. The Labute approximate surface area is 226 Å². The third-order valence-electron chi connectivity index (χ3n) is 5.26. The van der Waals surface area contributed by atoms with Gasteiger partial charge in [-0.3, -0.25) is 0 Å². The molecule has 11 nitrogen and oxygen atoms in total. The molecule has 194 valence electrons. The number of ether oxygens (including phenoxy) is 2. The highest BCUT2D eigenvalue weighted by Crippen LogP contribution is 2.35. The van der Waals surface area contributed by atoms with Crippen molar-refractivity contribution in [3.05, 3.63) is 83.4 Å². The van der Waals surface area contributed by atoms with E-state index in [9.17, 15) is 8.42 Å². The second kappa shape index (κ2) is 10.8. The van der Waals surface area contributed by atoms with E-state index in [0.717, 1.165) is 4.68 Å². The first-order valence-electron chi connectivity index (χ1n) is 11.0. The average Bonchev–Trinajstić information content (AvgIpc) is 3.36. The maximum Gasteiger partial charge on any atom is 0.362 e. The minimum Gasteiger partial charge on any atom is -0.493 e. The van der Waals surface area contributed by atoms with Crippen LogP contribution in [0.3, 0.4) is 0 Å². The summed E-state index contributed by atoms with van der Waals surface area (Å²) in [7, 11) is -2.19. The Morgan fingerprint density at radius 3 is 2.66 bits per heavy atom. The number of nitrogens with one attached hydrogen (secondary N) is 1. The van der Waals surface area contributed by atoms with E-state index in [1.807, 2.05) is 0 Å². The van der Waals surface area contributed by atoms with Gasteiger partial charge in [-0.05, 0) is 41.1 Å². The van der Waals surface area contributed by atoms with Crippen LogP contribution in [-0.4, -0.2) is 35.6 Å². The smallest absolute Gasteiger partial charge is 0.362 e. The zero-order valence-corrected chi connectivity index (χ0v) is 22.0. The predicted octanol–water partition coefficient (Wildman–Crippen LogP) is 4.37. The molecule has 0 fully saturated rings. The van der Waals surface area contributed by atoms with Crippen LogP contribution >= 0.6 is 23.2 Å². The summed E-state index contributed by atoms with van der Waals surface area (Å²) >= 11 is 12.1. The minimum absolute atomic E-state index is 0.0517. The number of hydrogen-bond donors (Lipinski definition) is 1. The highest BCUT2D eigenvalue weighted by Gasteiger charge is 2.25. The molecule has 0 atom stereocenters. The summed E-state index contributed by atoms with van der Waals surface area (Å²) in [5.41, 5.74) is 1.28. The summed E-state index contributed by atoms with van der Waals surface area (Å²) in [5, 5.41) is 8.83. The summed E-state index contributed by atoms with van der Waals surface area (Å²) in [6.07, 6.45) is 4.02. The van der Waals surface area contributed by atoms with Crippen LogP contribution in [0.1, 0.15) is 5.89 Å².